The summed E-state index contributed by atoms with van der Waals surface area (Å²) in [6.07, 6.45) is 0. The van der Waals surface area contributed by atoms with E-state index >= 15 is 0 Å². The highest BCUT2D eigenvalue weighted by molar-refractivity contribution is 5.99. The van der Waals surface area contributed by atoms with Gasteiger partial charge in [0.05, 0.1) is 5.69 Å². The second-order valence-electron chi connectivity index (χ2n) is 7.62. The van der Waals surface area contributed by atoms with Gasteiger partial charge in [-0.2, -0.15) is 0 Å². The number of anilines is 1. The molecule has 0 bridgehead atoms. The van der Waals surface area contributed by atoms with Gasteiger partial charge in [-0.05, 0) is 41.5 Å². The maximum absolute atomic E-state index is 6.15. The van der Waals surface area contributed by atoms with Crippen LogP contribution in [0.2, 0.25) is 0 Å². The Morgan fingerprint density at radius 1 is 0.963 bits per heavy atom. The first-order valence-electron chi connectivity index (χ1n) is 9.56. The van der Waals surface area contributed by atoms with Crippen molar-refractivity contribution in [2.75, 3.05) is 32.0 Å². The molecule has 2 aromatic carbocycles. The number of benzene rings is 2. The van der Waals surface area contributed by atoms with E-state index in [0.717, 1.165) is 59.2 Å². The van der Waals surface area contributed by atoms with Crippen molar-refractivity contribution < 1.29 is 4.74 Å². The fourth-order valence-corrected chi connectivity index (χ4v) is 4.35. The van der Waals surface area contributed by atoms with E-state index in [9.17, 15) is 0 Å². The maximum atomic E-state index is 6.15. The summed E-state index contributed by atoms with van der Waals surface area (Å²) < 4.78 is 6.15. The molecule has 2 heterocycles. The fraction of sp³-hybridized carbons (Fsp3) is 0.318. The lowest BCUT2D eigenvalue weighted by Crippen LogP contribution is -2.31. The van der Waals surface area contributed by atoms with Gasteiger partial charge in [0.15, 0.2) is 0 Å². The van der Waals surface area contributed by atoms with Gasteiger partial charge in [-0.25, -0.2) is 4.98 Å². The molecule has 1 saturated carbocycles. The third-order valence-corrected chi connectivity index (χ3v) is 5.93. The smallest absolute Gasteiger partial charge is 0.127 e. The molecule has 3 aromatic rings. The van der Waals surface area contributed by atoms with Crippen molar-refractivity contribution in [2.45, 2.75) is 6.04 Å². The van der Waals surface area contributed by atoms with Gasteiger partial charge in [0, 0.05) is 36.6 Å². The van der Waals surface area contributed by atoms with Gasteiger partial charge in [-0.3, -0.25) is 4.90 Å². The van der Waals surface area contributed by atoms with Gasteiger partial charge in [0.2, 0.25) is 0 Å². The molecule has 2 atom stereocenters. The van der Waals surface area contributed by atoms with Crippen LogP contribution < -0.4 is 16.2 Å². The largest absolute Gasteiger partial charge is 0.492 e. The predicted octanol–water partition coefficient (Wildman–Crippen LogP) is 2.75. The van der Waals surface area contributed by atoms with Gasteiger partial charge in [-0.15, -0.1) is 0 Å². The molecule has 4 N–H and O–H groups in total. The maximum Gasteiger partial charge on any atom is 0.127 e. The monoisotopic (exact) mass is 360 g/mol. The summed E-state index contributed by atoms with van der Waals surface area (Å²) in [4.78, 5) is 6.94. The van der Waals surface area contributed by atoms with Crippen LogP contribution in [0, 0.1) is 11.8 Å². The third kappa shape index (κ3) is 3.03. The number of fused-ring (bicyclic) bond motifs is 2. The zero-order valence-corrected chi connectivity index (χ0v) is 15.2. The molecule has 0 spiro atoms. The minimum atomic E-state index is 0.444. The van der Waals surface area contributed by atoms with Gasteiger partial charge in [0.25, 0.3) is 0 Å². The van der Waals surface area contributed by atoms with Crippen LogP contribution in [-0.4, -0.2) is 42.2 Å². The van der Waals surface area contributed by atoms with Crippen molar-refractivity contribution in [3.05, 3.63) is 54.6 Å². The molecule has 5 heteroatoms. The molecule has 1 aliphatic heterocycles. The number of nitrogens with two attached hydrogens (primary N) is 2. The van der Waals surface area contributed by atoms with Crippen molar-refractivity contribution in [1.82, 2.24) is 9.88 Å². The Morgan fingerprint density at radius 2 is 1.74 bits per heavy atom. The number of pyridine rings is 1. The van der Waals surface area contributed by atoms with Gasteiger partial charge >= 0.3 is 0 Å². The van der Waals surface area contributed by atoms with Crippen molar-refractivity contribution in [3.8, 4) is 17.0 Å². The molecular weight excluding hydrogens is 336 g/mol. The summed E-state index contributed by atoms with van der Waals surface area (Å²) in [5, 5.41) is 2.23. The molecule has 27 heavy (non-hydrogen) atoms. The Hall–Kier alpha value is -2.63. The summed E-state index contributed by atoms with van der Waals surface area (Å²) in [6.45, 7) is 3.88. The molecule has 2 unspecified atom stereocenters. The van der Waals surface area contributed by atoms with Gasteiger partial charge in [-0.1, -0.05) is 30.3 Å². The standard InChI is InChI=1S/C22H24N4O/c23-21-7-3-6-19(25-21)15-8-9-20(16-5-2-1-4-14(15)16)27-11-10-26-12-17-18(13-26)22(17)24/h1-9,17-18,22H,10-13,24H2,(H2,23,25). The van der Waals surface area contributed by atoms with E-state index in [1.54, 1.807) is 6.07 Å². The van der Waals surface area contributed by atoms with Crippen LogP contribution in [0.4, 0.5) is 5.82 Å². The van der Waals surface area contributed by atoms with Crippen LogP contribution in [0.1, 0.15) is 0 Å². The number of ether oxygens (including phenoxy) is 1. The first-order valence-corrected chi connectivity index (χ1v) is 9.56. The summed E-state index contributed by atoms with van der Waals surface area (Å²) in [5.41, 5.74) is 13.8. The Bertz CT molecular complexity index is 977. The fourth-order valence-electron chi connectivity index (χ4n) is 4.35. The molecule has 0 radical (unpaired) electrons. The Kier molecular flexibility index (Phi) is 3.99. The highest BCUT2D eigenvalue weighted by Crippen LogP contribution is 2.43. The van der Waals surface area contributed by atoms with Crippen LogP contribution in [0.15, 0.2) is 54.6 Å². The van der Waals surface area contributed by atoms with E-state index < -0.39 is 0 Å². The summed E-state index contributed by atoms with van der Waals surface area (Å²) in [7, 11) is 0. The highest BCUT2D eigenvalue weighted by Gasteiger charge is 2.53. The van der Waals surface area contributed by atoms with E-state index in [2.05, 4.69) is 28.1 Å². The van der Waals surface area contributed by atoms with Gasteiger partial charge in [0.1, 0.15) is 18.2 Å². The van der Waals surface area contributed by atoms with Crippen molar-refractivity contribution >= 4 is 16.6 Å². The lowest BCUT2D eigenvalue weighted by atomic mass is 10.0. The average Bonchev–Trinajstić information content (AvgIpc) is 3.09. The first kappa shape index (κ1) is 16.5. The van der Waals surface area contributed by atoms with Crippen LogP contribution in [0.5, 0.6) is 5.75 Å². The lowest BCUT2D eigenvalue weighted by Gasteiger charge is -2.19. The van der Waals surface area contributed by atoms with Crippen LogP contribution in [0.3, 0.4) is 0 Å². The summed E-state index contributed by atoms with van der Waals surface area (Å²) in [6, 6.07) is 18.6. The van der Waals surface area contributed by atoms with E-state index in [4.69, 9.17) is 16.2 Å². The number of nitrogen functional groups attached to an aromatic ring is 1. The quantitative estimate of drug-likeness (QED) is 0.732. The third-order valence-electron chi connectivity index (χ3n) is 5.93. The van der Waals surface area contributed by atoms with E-state index in [1.807, 2.05) is 30.3 Å². The van der Waals surface area contributed by atoms with Crippen LogP contribution in [-0.2, 0) is 0 Å². The average molecular weight is 360 g/mol. The number of piperidine rings is 1. The topological polar surface area (TPSA) is 77.4 Å². The molecule has 5 rings (SSSR count). The second kappa shape index (κ2) is 6.51. The molecule has 138 valence electrons. The number of hydrogen-bond donors (Lipinski definition) is 2. The number of rotatable bonds is 5. The zero-order valence-electron chi connectivity index (χ0n) is 15.2. The molecule has 2 fully saturated rings. The van der Waals surface area contributed by atoms with Crippen LogP contribution in [0.25, 0.3) is 22.0 Å². The molecule has 0 amide bonds. The van der Waals surface area contributed by atoms with E-state index in [-0.39, 0.29) is 0 Å². The number of hydrogen-bond acceptors (Lipinski definition) is 5. The Labute approximate surface area is 158 Å². The van der Waals surface area contributed by atoms with Crippen molar-refractivity contribution in [3.63, 3.8) is 0 Å². The molecule has 1 saturated heterocycles. The van der Waals surface area contributed by atoms with Crippen molar-refractivity contribution in [2.24, 2.45) is 17.6 Å². The molecule has 1 aromatic heterocycles. The van der Waals surface area contributed by atoms with E-state index in [1.165, 1.54) is 0 Å². The van der Waals surface area contributed by atoms with Crippen LogP contribution >= 0.6 is 0 Å². The lowest BCUT2D eigenvalue weighted by molar-refractivity contribution is 0.223. The first-order chi connectivity index (χ1) is 13.2. The summed E-state index contributed by atoms with van der Waals surface area (Å²) in [5.74, 6) is 2.88. The summed E-state index contributed by atoms with van der Waals surface area (Å²) >= 11 is 0. The Morgan fingerprint density at radius 3 is 2.52 bits per heavy atom. The minimum Gasteiger partial charge on any atom is -0.492 e. The normalized spacial score (nSPS) is 24.1. The predicted molar refractivity (Wildman–Crippen MR) is 108 cm³/mol. The van der Waals surface area contributed by atoms with E-state index in [0.29, 0.717) is 18.5 Å². The molecule has 1 aliphatic carbocycles. The highest BCUT2D eigenvalue weighted by atomic mass is 16.5. The SMILES string of the molecule is Nc1cccc(-c2ccc(OCCN3CC4C(N)C4C3)c3ccccc23)n1. The van der Waals surface area contributed by atoms with Gasteiger partial charge < -0.3 is 16.2 Å². The number of aromatic nitrogens is 1. The minimum absolute atomic E-state index is 0.444. The zero-order chi connectivity index (χ0) is 18.4. The molecule has 5 nitrogen and oxygen atoms in total. The second-order valence-corrected chi connectivity index (χ2v) is 7.62. The molecule has 2 aliphatic rings. The molecular formula is C22H24N4O. The van der Waals surface area contributed by atoms with Crippen molar-refractivity contribution in [1.29, 1.82) is 0 Å². The Balaban J connectivity index is 1.35. The number of likely N-dealkylation sites (tertiary alicyclic amines) is 1. The number of nitrogens with zero attached hydrogens (tertiary/aromatic N) is 2.